The van der Waals surface area contributed by atoms with Crippen LogP contribution in [0.5, 0.6) is 0 Å². The number of nitrogens with zero attached hydrogens (tertiary/aromatic N) is 1. The number of hydrogen-bond donors (Lipinski definition) is 1. The van der Waals surface area contributed by atoms with Gasteiger partial charge in [-0.15, -0.1) is 0 Å². The zero-order valence-electron chi connectivity index (χ0n) is 13.2. The molecular weight excluding hydrogens is 280 g/mol. The highest BCUT2D eigenvalue weighted by atomic mass is 35.5. The summed E-state index contributed by atoms with van der Waals surface area (Å²) in [5.41, 5.74) is 4.83. The lowest BCUT2D eigenvalue weighted by molar-refractivity contribution is 0.865. The smallest absolute Gasteiger partial charge is 0.0597 e. The molecule has 21 heavy (non-hydrogen) atoms. The Balaban J connectivity index is 2.10. The second-order valence-corrected chi connectivity index (χ2v) is 6.24. The summed E-state index contributed by atoms with van der Waals surface area (Å²) in [5, 5.41) is 4.22. The van der Waals surface area contributed by atoms with Crippen molar-refractivity contribution in [3.05, 3.63) is 58.6 Å². The highest BCUT2D eigenvalue weighted by Crippen LogP contribution is 2.28. The van der Waals surface area contributed by atoms with Gasteiger partial charge in [0, 0.05) is 25.7 Å². The summed E-state index contributed by atoms with van der Waals surface area (Å²) in [6.07, 6.45) is 0. The van der Waals surface area contributed by atoms with Crippen LogP contribution in [0.4, 0.5) is 11.4 Å². The first-order valence-electron chi connectivity index (χ1n) is 7.27. The molecule has 0 aliphatic carbocycles. The van der Waals surface area contributed by atoms with E-state index in [1.54, 1.807) is 0 Å². The van der Waals surface area contributed by atoms with E-state index in [9.17, 15) is 0 Å². The predicted octanol–water partition coefficient (Wildman–Crippen LogP) is 5.14. The quantitative estimate of drug-likeness (QED) is 0.822. The maximum Gasteiger partial charge on any atom is 0.0597 e. The maximum atomic E-state index is 6.10. The second kappa shape index (κ2) is 6.86. The van der Waals surface area contributed by atoms with E-state index in [1.165, 1.54) is 11.1 Å². The molecule has 0 aliphatic heterocycles. The lowest BCUT2D eigenvalue weighted by atomic mass is 10.0. The average Bonchev–Trinajstić information content (AvgIpc) is 2.45. The number of nitrogens with one attached hydrogen (secondary N) is 1. The van der Waals surface area contributed by atoms with Crippen molar-refractivity contribution in [2.24, 2.45) is 0 Å². The van der Waals surface area contributed by atoms with Gasteiger partial charge in [0.25, 0.3) is 0 Å². The van der Waals surface area contributed by atoms with Gasteiger partial charge < -0.3 is 10.2 Å². The van der Waals surface area contributed by atoms with Crippen LogP contribution in [-0.2, 0) is 6.54 Å². The first-order valence-corrected chi connectivity index (χ1v) is 7.64. The summed E-state index contributed by atoms with van der Waals surface area (Å²) in [6, 6.07) is 14.7. The minimum atomic E-state index is 0.570. The van der Waals surface area contributed by atoms with E-state index in [0.29, 0.717) is 5.92 Å². The number of hydrogen-bond acceptors (Lipinski definition) is 2. The molecule has 0 saturated carbocycles. The number of anilines is 2. The number of rotatable bonds is 5. The molecule has 0 amide bonds. The van der Waals surface area contributed by atoms with Crippen molar-refractivity contribution in [2.75, 3.05) is 24.3 Å². The Labute approximate surface area is 132 Å². The summed E-state index contributed by atoms with van der Waals surface area (Å²) in [6.45, 7) is 5.21. The predicted molar refractivity (Wildman–Crippen MR) is 93.6 cm³/mol. The Morgan fingerprint density at radius 3 is 2.29 bits per heavy atom. The van der Waals surface area contributed by atoms with Gasteiger partial charge in [0.15, 0.2) is 0 Å². The zero-order chi connectivity index (χ0) is 15.4. The second-order valence-electron chi connectivity index (χ2n) is 5.81. The van der Waals surface area contributed by atoms with E-state index in [4.69, 9.17) is 11.6 Å². The largest absolute Gasteiger partial charge is 0.379 e. The summed E-state index contributed by atoms with van der Waals surface area (Å²) in [5.74, 6) is 0.570. The molecule has 0 fully saturated rings. The van der Waals surface area contributed by atoms with Crippen molar-refractivity contribution in [1.82, 2.24) is 0 Å². The molecule has 0 radical (unpaired) electrons. The van der Waals surface area contributed by atoms with Crippen LogP contribution in [0.25, 0.3) is 0 Å². The van der Waals surface area contributed by atoms with Gasteiger partial charge in [-0.05, 0) is 35.2 Å². The molecule has 0 heterocycles. The molecule has 0 aromatic heterocycles. The lowest BCUT2D eigenvalue weighted by Gasteiger charge is -2.19. The summed E-state index contributed by atoms with van der Waals surface area (Å²) in [7, 11) is 4.07. The van der Waals surface area contributed by atoms with Crippen molar-refractivity contribution in [2.45, 2.75) is 26.3 Å². The van der Waals surface area contributed by atoms with Gasteiger partial charge in [-0.3, -0.25) is 0 Å². The third-order valence-electron chi connectivity index (χ3n) is 3.57. The summed E-state index contributed by atoms with van der Waals surface area (Å²) >= 11 is 6.10. The van der Waals surface area contributed by atoms with Crippen LogP contribution >= 0.6 is 11.6 Å². The first-order chi connectivity index (χ1) is 9.97. The Kier molecular flexibility index (Phi) is 5.13. The molecule has 2 rings (SSSR count). The molecule has 112 valence electrons. The molecule has 3 heteroatoms. The first kappa shape index (κ1) is 15.7. The molecule has 0 atom stereocenters. The van der Waals surface area contributed by atoms with Gasteiger partial charge in [0.05, 0.1) is 11.4 Å². The minimum absolute atomic E-state index is 0.570. The molecule has 0 unspecified atom stereocenters. The standard InChI is InChI=1S/C18H23ClN2/c1-13(2)15-7-5-14(6-8-15)12-20-17-11-16(19)9-10-18(17)21(3)4/h5-11,13,20H,12H2,1-4H3. The molecule has 0 bridgehead atoms. The summed E-state index contributed by atoms with van der Waals surface area (Å²) < 4.78 is 0. The molecule has 2 aromatic rings. The number of benzene rings is 2. The van der Waals surface area contributed by atoms with Crippen molar-refractivity contribution >= 4 is 23.0 Å². The van der Waals surface area contributed by atoms with Gasteiger partial charge >= 0.3 is 0 Å². The Hall–Kier alpha value is -1.67. The monoisotopic (exact) mass is 302 g/mol. The van der Waals surface area contributed by atoms with Crippen molar-refractivity contribution < 1.29 is 0 Å². The van der Waals surface area contributed by atoms with E-state index in [0.717, 1.165) is 22.9 Å². The van der Waals surface area contributed by atoms with E-state index < -0.39 is 0 Å². The fourth-order valence-corrected chi connectivity index (χ4v) is 2.43. The molecule has 1 N–H and O–H groups in total. The third-order valence-corrected chi connectivity index (χ3v) is 3.80. The van der Waals surface area contributed by atoms with Crippen molar-refractivity contribution in [3.8, 4) is 0 Å². The van der Waals surface area contributed by atoms with E-state index in [2.05, 4.69) is 48.3 Å². The SMILES string of the molecule is CC(C)c1ccc(CNc2cc(Cl)ccc2N(C)C)cc1. The van der Waals surface area contributed by atoms with Crippen molar-refractivity contribution in [1.29, 1.82) is 0 Å². The highest BCUT2D eigenvalue weighted by Gasteiger charge is 2.05. The average molecular weight is 303 g/mol. The topological polar surface area (TPSA) is 15.3 Å². The van der Waals surface area contributed by atoms with Crippen LogP contribution < -0.4 is 10.2 Å². The molecule has 0 spiro atoms. The van der Waals surface area contributed by atoms with Crippen LogP contribution in [0.2, 0.25) is 5.02 Å². The van der Waals surface area contributed by atoms with Gasteiger partial charge in [-0.2, -0.15) is 0 Å². The molecule has 0 saturated heterocycles. The van der Waals surface area contributed by atoms with Gasteiger partial charge in [0.2, 0.25) is 0 Å². The molecular formula is C18H23ClN2. The Bertz CT molecular complexity index is 589. The summed E-state index contributed by atoms with van der Waals surface area (Å²) in [4.78, 5) is 2.08. The van der Waals surface area contributed by atoms with E-state index in [-0.39, 0.29) is 0 Å². The molecule has 2 nitrogen and oxygen atoms in total. The van der Waals surface area contributed by atoms with Gasteiger partial charge in [-0.25, -0.2) is 0 Å². The normalized spacial score (nSPS) is 10.8. The van der Waals surface area contributed by atoms with Crippen LogP contribution in [-0.4, -0.2) is 14.1 Å². The molecule has 2 aromatic carbocycles. The minimum Gasteiger partial charge on any atom is -0.379 e. The fraction of sp³-hybridized carbons (Fsp3) is 0.333. The van der Waals surface area contributed by atoms with Crippen LogP contribution in [0, 0.1) is 0 Å². The van der Waals surface area contributed by atoms with Crippen LogP contribution in [0.15, 0.2) is 42.5 Å². The molecule has 0 aliphatic rings. The zero-order valence-corrected chi connectivity index (χ0v) is 13.9. The van der Waals surface area contributed by atoms with Gasteiger partial charge in [0.1, 0.15) is 0 Å². The van der Waals surface area contributed by atoms with Gasteiger partial charge in [-0.1, -0.05) is 49.7 Å². The fourth-order valence-electron chi connectivity index (χ4n) is 2.26. The third kappa shape index (κ3) is 4.15. The maximum absolute atomic E-state index is 6.10. The van der Waals surface area contributed by atoms with Crippen LogP contribution in [0.3, 0.4) is 0 Å². The van der Waals surface area contributed by atoms with E-state index in [1.807, 2.05) is 32.3 Å². The Morgan fingerprint density at radius 2 is 1.71 bits per heavy atom. The van der Waals surface area contributed by atoms with E-state index >= 15 is 0 Å². The lowest BCUT2D eigenvalue weighted by Crippen LogP contribution is -2.12. The Morgan fingerprint density at radius 1 is 1.05 bits per heavy atom. The number of halogens is 1. The van der Waals surface area contributed by atoms with Crippen LogP contribution in [0.1, 0.15) is 30.9 Å². The highest BCUT2D eigenvalue weighted by molar-refractivity contribution is 6.31. The van der Waals surface area contributed by atoms with Crippen molar-refractivity contribution in [3.63, 3.8) is 0 Å².